The average Bonchev–Trinajstić information content (AvgIpc) is 2.61. The van der Waals surface area contributed by atoms with Crippen molar-refractivity contribution in [1.29, 1.82) is 0 Å². The zero-order valence-corrected chi connectivity index (χ0v) is 14.7. The molecule has 0 radical (unpaired) electrons. The summed E-state index contributed by atoms with van der Waals surface area (Å²) in [6.45, 7) is 4.68. The van der Waals surface area contributed by atoms with Crippen LogP contribution in [0.2, 0.25) is 0 Å². The fourth-order valence-corrected chi connectivity index (χ4v) is 2.64. The maximum absolute atomic E-state index is 11.2. The Morgan fingerprint density at radius 1 is 1.20 bits per heavy atom. The molecule has 0 aliphatic rings. The average molecular weight is 344 g/mol. The number of nitrogens with one attached hydrogen (secondary N) is 1. The summed E-state index contributed by atoms with van der Waals surface area (Å²) in [5.74, 6) is 0.834. The lowest BCUT2D eigenvalue weighted by Gasteiger charge is -2.13. The third-order valence-electron chi connectivity index (χ3n) is 4.08. The summed E-state index contributed by atoms with van der Waals surface area (Å²) in [6, 6.07) is 12.5. The van der Waals surface area contributed by atoms with Crippen LogP contribution < -0.4 is 10.1 Å². The van der Waals surface area contributed by atoms with Crippen LogP contribution in [-0.2, 0) is 6.54 Å². The fourth-order valence-electron chi connectivity index (χ4n) is 2.64. The molecule has 1 unspecified atom stereocenters. The molecule has 0 aliphatic heterocycles. The van der Waals surface area contributed by atoms with Crippen molar-refractivity contribution in [2.45, 2.75) is 32.4 Å². The largest absolute Gasteiger partial charge is 0.497 e. The minimum absolute atomic E-state index is 0.0966. The standard InChI is InChI=1S/C19H24N2O4/c1-13(2)17-9-4-14(10-18(17)21(23)24)11-20-12-19(22)15-5-7-16(25-3)8-6-15/h4-10,13,19-20,22H,11-12H2,1-3H3. The first kappa shape index (κ1) is 18.9. The zero-order chi connectivity index (χ0) is 18.4. The molecule has 0 aromatic heterocycles. The monoisotopic (exact) mass is 344 g/mol. The van der Waals surface area contributed by atoms with E-state index in [0.29, 0.717) is 13.1 Å². The normalized spacial score (nSPS) is 12.2. The Labute approximate surface area is 147 Å². The minimum atomic E-state index is -0.657. The predicted octanol–water partition coefficient (Wildman–Crippen LogP) is 3.55. The number of aliphatic hydroxyl groups excluding tert-OH is 1. The van der Waals surface area contributed by atoms with Gasteiger partial charge in [0.2, 0.25) is 0 Å². The molecule has 2 aromatic rings. The van der Waals surface area contributed by atoms with Crippen molar-refractivity contribution in [3.05, 3.63) is 69.3 Å². The zero-order valence-electron chi connectivity index (χ0n) is 14.7. The highest BCUT2D eigenvalue weighted by atomic mass is 16.6. The number of benzene rings is 2. The number of nitro groups is 1. The highest BCUT2D eigenvalue weighted by Gasteiger charge is 2.17. The number of ether oxygens (including phenoxy) is 1. The number of hydrogen-bond donors (Lipinski definition) is 2. The van der Waals surface area contributed by atoms with E-state index in [1.54, 1.807) is 31.4 Å². The van der Waals surface area contributed by atoms with Gasteiger partial charge in [-0.15, -0.1) is 0 Å². The molecule has 2 aromatic carbocycles. The van der Waals surface area contributed by atoms with Crippen molar-refractivity contribution in [3.63, 3.8) is 0 Å². The van der Waals surface area contributed by atoms with E-state index >= 15 is 0 Å². The van der Waals surface area contributed by atoms with Crippen molar-refractivity contribution in [1.82, 2.24) is 5.32 Å². The molecule has 2 N–H and O–H groups in total. The van der Waals surface area contributed by atoms with Crippen molar-refractivity contribution < 1.29 is 14.8 Å². The number of rotatable bonds is 8. The molecule has 2 rings (SSSR count). The molecule has 6 heteroatoms. The van der Waals surface area contributed by atoms with Crippen molar-refractivity contribution in [2.24, 2.45) is 0 Å². The van der Waals surface area contributed by atoms with E-state index in [2.05, 4.69) is 5.32 Å². The third kappa shape index (κ3) is 5.01. The van der Waals surface area contributed by atoms with E-state index in [4.69, 9.17) is 4.74 Å². The minimum Gasteiger partial charge on any atom is -0.497 e. The molecular weight excluding hydrogens is 320 g/mol. The first-order chi connectivity index (χ1) is 11.9. The van der Waals surface area contributed by atoms with Crippen LogP contribution in [0.1, 0.15) is 42.6 Å². The van der Waals surface area contributed by atoms with Gasteiger partial charge in [-0.05, 0) is 29.2 Å². The summed E-state index contributed by atoms with van der Waals surface area (Å²) >= 11 is 0. The van der Waals surface area contributed by atoms with E-state index in [9.17, 15) is 15.2 Å². The van der Waals surface area contributed by atoms with Crippen LogP contribution in [-0.4, -0.2) is 23.7 Å². The molecule has 134 valence electrons. The lowest BCUT2D eigenvalue weighted by molar-refractivity contribution is -0.385. The second-order valence-corrected chi connectivity index (χ2v) is 6.22. The van der Waals surface area contributed by atoms with Crippen LogP contribution in [0.5, 0.6) is 5.75 Å². The van der Waals surface area contributed by atoms with Gasteiger partial charge >= 0.3 is 0 Å². The van der Waals surface area contributed by atoms with Gasteiger partial charge < -0.3 is 15.2 Å². The molecule has 0 aliphatic carbocycles. The summed E-state index contributed by atoms with van der Waals surface area (Å²) in [6.07, 6.45) is -0.657. The molecule has 6 nitrogen and oxygen atoms in total. The summed E-state index contributed by atoms with van der Waals surface area (Å²) in [5.41, 5.74) is 2.48. The van der Waals surface area contributed by atoms with E-state index in [0.717, 1.165) is 22.4 Å². The Bertz CT molecular complexity index is 714. The molecule has 25 heavy (non-hydrogen) atoms. The third-order valence-corrected chi connectivity index (χ3v) is 4.08. The number of nitro benzene ring substituents is 1. The van der Waals surface area contributed by atoms with Gasteiger partial charge in [0, 0.05) is 24.7 Å². The Kier molecular flexibility index (Phi) is 6.50. The smallest absolute Gasteiger partial charge is 0.273 e. The van der Waals surface area contributed by atoms with Gasteiger partial charge in [0.1, 0.15) is 5.75 Å². The molecule has 0 heterocycles. The van der Waals surface area contributed by atoms with Crippen molar-refractivity contribution in [2.75, 3.05) is 13.7 Å². The van der Waals surface area contributed by atoms with E-state index in [-0.39, 0.29) is 16.5 Å². The van der Waals surface area contributed by atoms with Gasteiger partial charge in [-0.3, -0.25) is 10.1 Å². The first-order valence-corrected chi connectivity index (χ1v) is 8.22. The summed E-state index contributed by atoms with van der Waals surface area (Å²) in [7, 11) is 1.59. The van der Waals surface area contributed by atoms with Crippen LogP contribution in [0, 0.1) is 10.1 Å². The lowest BCUT2D eigenvalue weighted by Crippen LogP contribution is -2.21. The molecular formula is C19H24N2O4. The van der Waals surface area contributed by atoms with Gasteiger partial charge in [-0.1, -0.05) is 38.1 Å². The van der Waals surface area contributed by atoms with Crippen LogP contribution in [0.25, 0.3) is 0 Å². The Morgan fingerprint density at radius 3 is 2.44 bits per heavy atom. The molecule has 0 bridgehead atoms. The van der Waals surface area contributed by atoms with Crippen LogP contribution in [0.3, 0.4) is 0 Å². The topological polar surface area (TPSA) is 84.6 Å². The van der Waals surface area contributed by atoms with Crippen molar-refractivity contribution in [3.8, 4) is 5.75 Å². The Morgan fingerprint density at radius 2 is 1.88 bits per heavy atom. The molecule has 0 fully saturated rings. The summed E-state index contributed by atoms with van der Waals surface area (Å²) in [4.78, 5) is 10.9. The van der Waals surface area contributed by atoms with Gasteiger partial charge in [0.15, 0.2) is 0 Å². The predicted molar refractivity (Wildman–Crippen MR) is 96.8 cm³/mol. The highest BCUT2D eigenvalue weighted by molar-refractivity contribution is 5.45. The van der Waals surface area contributed by atoms with Crippen LogP contribution in [0.15, 0.2) is 42.5 Å². The molecule has 0 saturated carbocycles. The van der Waals surface area contributed by atoms with E-state index < -0.39 is 6.10 Å². The SMILES string of the molecule is COc1ccc(C(O)CNCc2ccc(C(C)C)c([N+](=O)[O-])c2)cc1. The first-order valence-electron chi connectivity index (χ1n) is 8.22. The maximum Gasteiger partial charge on any atom is 0.273 e. The molecule has 0 saturated heterocycles. The molecule has 0 spiro atoms. The second-order valence-electron chi connectivity index (χ2n) is 6.22. The van der Waals surface area contributed by atoms with Gasteiger partial charge in [-0.25, -0.2) is 0 Å². The van der Waals surface area contributed by atoms with E-state index in [1.165, 1.54) is 0 Å². The second kappa shape index (κ2) is 8.60. The van der Waals surface area contributed by atoms with E-state index in [1.807, 2.05) is 32.0 Å². The summed E-state index contributed by atoms with van der Waals surface area (Å²) < 4.78 is 5.09. The van der Waals surface area contributed by atoms with Gasteiger partial charge in [0.05, 0.1) is 18.1 Å². The van der Waals surface area contributed by atoms with Gasteiger partial charge in [-0.2, -0.15) is 0 Å². The quantitative estimate of drug-likeness (QED) is 0.565. The Hall–Kier alpha value is -2.44. The van der Waals surface area contributed by atoms with Crippen molar-refractivity contribution >= 4 is 5.69 Å². The number of aliphatic hydroxyl groups is 1. The lowest BCUT2D eigenvalue weighted by atomic mass is 9.99. The molecule has 1 atom stereocenters. The van der Waals surface area contributed by atoms with Crippen LogP contribution >= 0.6 is 0 Å². The van der Waals surface area contributed by atoms with Gasteiger partial charge in [0.25, 0.3) is 5.69 Å². The number of hydrogen-bond acceptors (Lipinski definition) is 5. The highest BCUT2D eigenvalue weighted by Crippen LogP contribution is 2.27. The Balaban J connectivity index is 1.96. The number of methoxy groups -OCH3 is 1. The fraction of sp³-hybridized carbons (Fsp3) is 0.368. The molecule has 0 amide bonds. The number of nitrogens with zero attached hydrogens (tertiary/aromatic N) is 1. The summed E-state index contributed by atoms with van der Waals surface area (Å²) in [5, 5.41) is 24.6. The maximum atomic E-state index is 11.2. The van der Waals surface area contributed by atoms with Crippen LogP contribution in [0.4, 0.5) is 5.69 Å².